The summed E-state index contributed by atoms with van der Waals surface area (Å²) in [5.74, 6) is 0. The highest BCUT2D eigenvalue weighted by Crippen LogP contribution is 2.04. The first-order chi connectivity index (χ1) is 4.83. The van der Waals surface area contributed by atoms with Crippen LogP contribution >= 0.6 is 11.3 Å². The lowest BCUT2D eigenvalue weighted by Crippen LogP contribution is -2.23. The molecular weight excluding hydrogens is 148 g/mol. The van der Waals surface area contributed by atoms with Crippen LogP contribution < -0.4 is 5.73 Å². The standard InChI is InChI=1S/C6H8N2OS/c7-5(4-9)3-6-8-1-2-10-6/h1-2,4-5H,3,7H2. The molecule has 0 aliphatic heterocycles. The van der Waals surface area contributed by atoms with Crippen LogP contribution in [0.2, 0.25) is 0 Å². The molecular formula is C6H8N2OS. The Kier molecular flexibility index (Phi) is 2.53. The summed E-state index contributed by atoms with van der Waals surface area (Å²) in [5.41, 5.74) is 5.36. The number of rotatable bonds is 3. The molecule has 0 saturated carbocycles. The third-order valence-electron chi connectivity index (χ3n) is 1.07. The number of aromatic nitrogens is 1. The molecule has 1 rings (SSSR count). The lowest BCUT2D eigenvalue weighted by molar-refractivity contribution is -0.108. The lowest BCUT2D eigenvalue weighted by Gasteiger charge is -1.96. The third-order valence-corrected chi connectivity index (χ3v) is 1.87. The van der Waals surface area contributed by atoms with Gasteiger partial charge in [0.1, 0.15) is 6.29 Å². The van der Waals surface area contributed by atoms with Gasteiger partial charge in [0.25, 0.3) is 0 Å². The zero-order valence-corrected chi connectivity index (χ0v) is 6.17. The maximum Gasteiger partial charge on any atom is 0.137 e. The first-order valence-corrected chi connectivity index (χ1v) is 3.80. The quantitative estimate of drug-likeness (QED) is 0.636. The Bertz CT molecular complexity index is 198. The summed E-state index contributed by atoms with van der Waals surface area (Å²) in [5, 5.41) is 2.78. The van der Waals surface area contributed by atoms with E-state index in [1.54, 1.807) is 6.20 Å². The average Bonchev–Trinajstić information content (AvgIpc) is 2.40. The molecule has 1 heterocycles. The number of carbonyl (C=O) groups excluding carboxylic acids is 1. The van der Waals surface area contributed by atoms with Gasteiger partial charge in [0.15, 0.2) is 0 Å². The van der Waals surface area contributed by atoms with Gasteiger partial charge >= 0.3 is 0 Å². The number of aldehydes is 1. The number of nitrogens with two attached hydrogens (primary N) is 1. The predicted molar refractivity (Wildman–Crippen MR) is 39.9 cm³/mol. The minimum absolute atomic E-state index is 0.397. The molecule has 1 aromatic rings. The van der Waals surface area contributed by atoms with E-state index < -0.39 is 6.04 Å². The van der Waals surface area contributed by atoms with Crippen molar-refractivity contribution in [2.75, 3.05) is 0 Å². The Hall–Kier alpha value is -0.740. The van der Waals surface area contributed by atoms with Crippen molar-refractivity contribution in [1.82, 2.24) is 4.98 Å². The van der Waals surface area contributed by atoms with E-state index in [1.807, 2.05) is 5.38 Å². The summed E-state index contributed by atoms with van der Waals surface area (Å²) in [6, 6.07) is -0.397. The third kappa shape index (κ3) is 1.89. The number of thiazole rings is 1. The molecule has 54 valence electrons. The summed E-state index contributed by atoms with van der Waals surface area (Å²) in [7, 11) is 0. The number of hydrogen-bond donors (Lipinski definition) is 1. The highest BCUT2D eigenvalue weighted by Gasteiger charge is 2.02. The van der Waals surface area contributed by atoms with Gasteiger partial charge in [0.2, 0.25) is 0 Å². The van der Waals surface area contributed by atoms with E-state index in [1.165, 1.54) is 11.3 Å². The van der Waals surface area contributed by atoms with E-state index >= 15 is 0 Å². The fourth-order valence-corrected chi connectivity index (χ4v) is 1.29. The van der Waals surface area contributed by atoms with Gasteiger partial charge in [0, 0.05) is 18.0 Å². The molecule has 0 amide bonds. The molecule has 0 aliphatic carbocycles. The van der Waals surface area contributed by atoms with Crippen LogP contribution in [-0.2, 0) is 11.2 Å². The topological polar surface area (TPSA) is 56.0 Å². The summed E-state index contributed by atoms with van der Waals surface area (Å²) < 4.78 is 0. The Morgan fingerprint density at radius 2 is 2.70 bits per heavy atom. The summed E-state index contributed by atoms with van der Waals surface area (Å²) >= 11 is 1.52. The molecule has 0 bridgehead atoms. The van der Waals surface area contributed by atoms with Gasteiger partial charge in [-0.05, 0) is 0 Å². The predicted octanol–water partition coefficient (Wildman–Crippen LogP) is 0.212. The van der Waals surface area contributed by atoms with E-state index in [0.29, 0.717) is 6.42 Å². The van der Waals surface area contributed by atoms with Crippen molar-refractivity contribution in [2.45, 2.75) is 12.5 Å². The Labute approximate surface area is 62.9 Å². The fraction of sp³-hybridized carbons (Fsp3) is 0.333. The van der Waals surface area contributed by atoms with Crippen LogP contribution in [0.15, 0.2) is 11.6 Å². The van der Waals surface area contributed by atoms with Crippen molar-refractivity contribution in [3.05, 3.63) is 16.6 Å². The molecule has 0 saturated heterocycles. The Morgan fingerprint density at radius 3 is 3.20 bits per heavy atom. The number of hydrogen-bond acceptors (Lipinski definition) is 4. The lowest BCUT2D eigenvalue weighted by atomic mass is 10.2. The molecule has 0 fully saturated rings. The number of carbonyl (C=O) groups is 1. The van der Waals surface area contributed by atoms with Crippen molar-refractivity contribution in [3.63, 3.8) is 0 Å². The second kappa shape index (κ2) is 3.43. The van der Waals surface area contributed by atoms with Crippen molar-refractivity contribution >= 4 is 17.6 Å². The molecule has 2 N–H and O–H groups in total. The van der Waals surface area contributed by atoms with Gasteiger partial charge in [-0.2, -0.15) is 0 Å². The minimum Gasteiger partial charge on any atom is -0.321 e. The van der Waals surface area contributed by atoms with Gasteiger partial charge in [-0.25, -0.2) is 4.98 Å². The zero-order chi connectivity index (χ0) is 7.40. The maximum absolute atomic E-state index is 10.1. The van der Waals surface area contributed by atoms with Gasteiger partial charge in [-0.3, -0.25) is 0 Å². The Balaban J connectivity index is 2.47. The van der Waals surface area contributed by atoms with E-state index in [9.17, 15) is 4.79 Å². The van der Waals surface area contributed by atoms with Crippen molar-refractivity contribution in [2.24, 2.45) is 5.73 Å². The highest BCUT2D eigenvalue weighted by atomic mass is 32.1. The maximum atomic E-state index is 10.1. The van der Waals surface area contributed by atoms with Crippen LogP contribution in [0.5, 0.6) is 0 Å². The largest absolute Gasteiger partial charge is 0.321 e. The van der Waals surface area contributed by atoms with E-state index in [-0.39, 0.29) is 0 Å². The number of nitrogens with zero attached hydrogens (tertiary/aromatic N) is 1. The summed E-state index contributed by atoms with van der Waals surface area (Å²) in [6.45, 7) is 0. The normalized spacial score (nSPS) is 12.9. The summed E-state index contributed by atoms with van der Waals surface area (Å²) in [6.07, 6.45) is 3.00. The van der Waals surface area contributed by atoms with Gasteiger partial charge in [-0.1, -0.05) is 0 Å². The zero-order valence-electron chi connectivity index (χ0n) is 5.36. The second-order valence-electron chi connectivity index (χ2n) is 1.93. The highest BCUT2D eigenvalue weighted by molar-refractivity contribution is 7.09. The van der Waals surface area contributed by atoms with Crippen LogP contribution in [0.3, 0.4) is 0 Å². The molecule has 1 atom stereocenters. The van der Waals surface area contributed by atoms with Crippen LogP contribution in [-0.4, -0.2) is 17.3 Å². The first kappa shape index (κ1) is 7.37. The van der Waals surface area contributed by atoms with Crippen molar-refractivity contribution in [3.8, 4) is 0 Å². The second-order valence-corrected chi connectivity index (χ2v) is 2.91. The van der Waals surface area contributed by atoms with Crippen molar-refractivity contribution in [1.29, 1.82) is 0 Å². The Morgan fingerprint density at radius 1 is 1.90 bits per heavy atom. The smallest absolute Gasteiger partial charge is 0.137 e. The molecule has 3 nitrogen and oxygen atoms in total. The molecule has 0 aliphatic rings. The molecule has 10 heavy (non-hydrogen) atoms. The van der Waals surface area contributed by atoms with Crippen LogP contribution in [0, 0.1) is 0 Å². The van der Waals surface area contributed by atoms with Crippen LogP contribution in [0.4, 0.5) is 0 Å². The molecule has 0 aromatic carbocycles. The van der Waals surface area contributed by atoms with Crippen LogP contribution in [0.1, 0.15) is 5.01 Å². The van der Waals surface area contributed by atoms with Gasteiger partial charge in [-0.15, -0.1) is 11.3 Å². The minimum atomic E-state index is -0.397. The molecule has 4 heteroatoms. The molecule has 0 radical (unpaired) electrons. The van der Waals surface area contributed by atoms with E-state index in [0.717, 1.165) is 11.3 Å². The molecule has 1 aromatic heterocycles. The van der Waals surface area contributed by atoms with Crippen molar-refractivity contribution < 1.29 is 4.79 Å². The fourth-order valence-electron chi connectivity index (χ4n) is 0.604. The van der Waals surface area contributed by atoms with Gasteiger partial charge < -0.3 is 10.5 Å². The first-order valence-electron chi connectivity index (χ1n) is 2.92. The molecule has 0 spiro atoms. The average molecular weight is 156 g/mol. The SMILES string of the molecule is NC(C=O)Cc1nccs1. The molecule has 1 unspecified atom stereocenters. The van der Waals surface area contributed by atoms with E-state index in [2.05, 4.69) is 4.98 Å². The van der Waals surface area contributed by atoms with E-state index in [4.69, 9.17) is 5.73 Å². The summed E-state index contributed by atoms with van der Waals surface area (Å²) in [4.78, 5) is 14.1. The monoisotopic (exact) mass is 156 g/mol. The van der Waals surface area contributed by atoms with Crippen LogP contribution in [0.25, 0.3) is 0 Å². The van der Waals surface area contributed by atoms with Gasteiger partial charge in [0.05, 0.1) is 11.0 Å².